The maximum Gasteiger partial charge on any atom is 0.412 e. The van der Waals surface area contributed by atoms with E-state index in [1.807, 2.05) is 24.3 Å². The van der Waals surface area contributed by atoms with Gasteiger partial charge in [-0.15, -0.1) is 0 Å². The van der Waals surface area contributed by atoms with Gasteiger partial charge in [0, 0.05) is 28.2 Å². The van der Waals surface area contributed by atoms with Gasteiger partial charge in [-0.1, -0.05) is 48.2 Å². The molecule has 1 atom stereocenters. The van der Waals surface area contributed by atoms with Crippen LogP contribution in [0.2, 0.25) is 0 Å². The minimum atomic E-state index is -1.17. The summed E-state index contributed by atoms with van der Waals surface area (Å²) in [5.41, 5.74) is 2.28. The number of hydrogen-bond acceptors (Lipinski definition) is 5. The molecular weight excluding hydrogens is 444 g/mol. The molecule has 0 spiro atoms. The molecule has 1 amide bonds. The lowest BCUT2D eigenvalue weighted by Gasteiger charge is -2.26. The highest BCUT2D eigenvalue weighted by atomic mass is 16.6. The van der Waals surface area contributed by atoms with E-state index in [1.54, 1.807) is 13.8 Å². The molecule has 0 radical (unpaired) electrons. The van der Waals surface area contributed by atoms with Gasteiger partial charge in [-0.25, -0.2) is 4.79 Å². The van der Waals surface area contributed by atoms with Crippen LogP contribution in [0.4, 0.5) is 4.79 Å². The molecule has 1 N–H and O–H groups in total. The van der Waals surface area contributed by atoms with Gasteiger partial charge in [0.25, 0.3) is 0 Å². The fraction of sp³-hybridized carbons (Fsp3) is 0.357. The quantitative estimate of drug-likeness (QED) is 0.216. The second-order valence-corrected chi connectivity index (χ2v) is 7.73. The first-order chi connectivity index (χ1) is 17.1. The Bertz CT molecular complexity index is 1240. The minimum Gasteiger partial charge on any atom is -0.465 e. The van der Waals surface area contributed by atoms with Crippen molar-refractivity contribution in [2.24, 2.45) is 0 Å². The molecule has 0 saturated heterocycles. The van der Waals surface area contributed by atoms with E-state index >= 15 is 0 Å². The molecule has 0 aliphatic carbocycles. The lowest BCUT2D eigenvalue weighted by molar-refractivity contribution is -0.146. The molecule has 3 rings (SSSR count). The van der Waals surface area contributed by atoms with Crippen molar-refractivity contribution in [3.63, 3.8) is 0 Å². The van der Waals surface area contributed by atoms with Gasteiger partial charge in [0.2, 0.25) is 0 Å². The zero-order valence-electron chi connectivity index (χ0n) is 20.1. The van der Waals surface area contributed by atoms with E-state index < -0.39 is 18.3 Å². The Kier molecular flexibility index (Phi) is 9.59. The second kappa shape index (κ2) is 13.1. The molecule has 2 aromatic carbocycles. The van der Waals surface area contributed by atoms with Crippen LogP contribution < -0.4 is 0 Å². The molecule has 0 saturated carbocycles. The average Bonchev–Trinajstić information content (AvgIpc) is 3.18. The number of nitrogens with zero attached hydrogens (tertiary/aromatic N) is 2. The molecule has 7 nitrogen and oxygen atoms in total. The summed E-state index contributed by atoms with van der Waals surface area (Å²) in [5, 5.41) is 12.8. The number of benzene rings is 2. The van der Waals surface area contributed by atoms with Gasteiger partial charge in [0.1, 0.15) is 12.8 Å². The third-order valence-electron chi connectivity index (χ3n) is 5.39. The Morgan fingerprint density at radius 1 is 0.943 bits per heavy atom. The van der Waals surface area contributed by atoms with Crippen LogP contribution in [0.3, 0.4) is 0 Å². The summed E-state index contributed by atoms with van der Waals surface area (Å²) < 4.78 is 12.0. The first-order valence-electron chi connectivity index (χ1n) is 11.8. The first kappa shape index (κ1) is 25.7. The Hall–Kier alpha value is -3.94. The molecule has 35 heavy (non-hydrogen) atoms. The van der Waals surface area contributed by atoms with Crippen molar-refractivity contribution in [1.29, 1.82) is 0 Å². The van der Waals surface area contributed by atoms with Crippen LogP contribution in [0.25, 0.3) is 21.8 Å². The van der Waals surface area contributed by atoms with Crippen LogP contribution in [0.15, 0.2) is 48.5 Å². The smallest absolute Gasteiger partial charge is 0.412 e. The number of rotatable bonds is 9. The molecular formula is C28H30N2O5. The van der Waals surface area contributed by atoms with Crippen molar-refractivity contribution in [3.05, 3.63) is 48.5 Å². The lowest BCUT2D eigenvalue weighted by atomic mass is 10.2. The van der Waals surface area contributed by atoms with Crippen molar-refractivity contribution < 1.29 is 24.2 Å². The SMILES string of the molecule is CCOC(=O)CN(C(=O)OCC)C(O)CCCC#CC#CCn1c2ccccc2c2ccccc21. The van der Waals surface area contributed by atoms with E-state index in [9.17, 15) is 14.7 Å². The summed E-state index contributed by atoms with van der Waals surface area (Å²) in [4.78, 5) is 24.8. The third kappa shape index (κ3) is 6.79. The number of ether oxygens (including phenoxy) is 2. The molecule has 1 heterocycles. The zero-order valence-corrected chi connectivity index (χ0v) is 20.1. The Balaban J connectivity index is 1.54. The van der Waals surface area contributed by atoms with E-state index in [-0.39, 0.29) is 26.2 Å². The number of hydrogen-bond donors (Lipinski definition) is 1. The predicted molar refractivity (Wildman–Crippen MR) is 135 cm³/mol. The normalized spacial score (nSPS) is 11.2. The van der Waals surface area contributed by atoms with E-state index in [0.717, 1.165) is 15.9 Å². The molecule has 0 aliphatic rings. The molecule has 1 aromatic heterocycles. The number of aromatic nitrogens is 1. The second-order valence-electron chi connectivity index (χ2n) is 7.73. The van der Waals surface area contributed by atoms with Gasteiger partial charge in [-0.05, 0) is 50.7 Å². The van der Waals surface area contributed by atoms with Crippen LogP contribution in [0, 0.1) is 23.7 Å². The average molecular weight is 475 g/mol. The van der Waals surface area contributed by atoms with Gasteiger partial charge in [-0.2, -0.15) is 0 Å². The number of unbranched alkanes of at least 4 members (excludes halogenated alkanes) is 1. The Morgan fingerprint density at radius 2 is 1.54 bits per heavy atom. The van der Waals surface area contributed by atoms with Crippen molar-refractivity contribution in [2.75, 3.05) is 19.8 Å². The van der Waals surface area contributed by atoms with Crippen molar-refractivity contribution in [3.8, 4) is 23.7 Å². The molecule has 0 fully saturated rings. The molecule has 3 aromatic rings. The minimum absolute atomic E-state index is 0.142. The van der Waals surface area contributed by atoms with Gasteiger partial charge < -0.3 is 19.1 Å². The van der Waals surface area contributed by atoms with E-state index in [1.165, 1.54) is 10.8 Å². The van der Waals surface area contributed by atoms with Crippen LogP contribution in [-0.4, -0.2) is 52.6 Å². The van der Waals surface area contributed by atoms with Gasteiger partial charge in [0.15, 0.2) is 0 Å². The molecule has 0 aliphatic heterocycles. The largest absolute Gasteiger partial charge is 0.465 e. The van der Waals surface area contributed by atoms with Crippen LogP contribution in [0.5, 0.6) is 0 Å². The maximum absolute atomic E-state index is 12.1. The molecule has 0 bridgehead atoms. The number of amides is 1. The van der Waals surface area contributed by atoms with Crippen LogP contribution in [-0.2, 0) is 20.8 Å². The standard InChI is InChI=1S/C28H30N2O5/c1-3-34-27(32)21-30(28(33)35-4-2)26(31)19-9-7-5-6-8-14-20-29-24-17-12-10-15-22(24)23-16-11-13-18-25(23)29/h10-13,15-18,26,31H,3-4,7,9,19-21H2,1-2H3. The zero-order chi connectivity index (χ0) is 25.0. The van der Waals surface area contributed by atoms with Crippen molar-refractivity contribution in [2.45, 2.75) is 45.9 Å². The Labute approximate surface area is 205 Å². The first-order valence-corrected chi connectivity index (χ1v) is 11.8. The van der Waals surface area contributed by atoms with E-state index in [0.29, 0.717) is 19.4 Å². The highest BCUT2D eigenvalue weighted by Crippen LogP contribution is 2.28. The number of para-hydroxylation sites is 2. The topological polar surface area (TPSA) is 81.0 Å². The number of aliphatic hydroxyl groups excluding tert-OH is 1. The lowest BCUT2D eigenvalue weighted by Crippen LogP contribution is -2.44. The number of esters is 1. The predicted octanol–water partition coefficient (Wildman–Crippen LogP) is 4.31. The monoisotopic (exact) mass is 474 g/mol. The summed E-state index contributed by atoms with van der Waals surface area (Å²) in [6.45, 7) is 3.83. The fourth-order valence-corrected chi connectivity index (χ4v) is 3.82. The van der Waals surface area contributed by atoms with Crippen molar-refractivity contribution in [1.82, 2.24) is 9.47 Å². The van der Waals surface area contributed by atoms with E-state index in [4.69, 9.17) is 9.47 Å². The van der Waals surface area contributed by atoms with Gasteiger partial charge >= 0.3 is 12.1 Å². The van der Waals surface area contributed by atoms with Gasteiger partial charge in [-0.3, -0.25) is 9.69 Å². The highest BCUT2D eigenvalue weighted by molar-refractivity contribution is 6.08. The summed E-state index contributed by atoms with van der Waals surface area (Å²) in [5.74, 6) is 11.3. The van der Waals surface area contributed by atoms with Crippen LogP contribution in [0.1, 0.15) is 33.1 Å². The van der Waals surface area contributed by atoms with Crippen molar-refractivity contribution >= 4 is 33.9 Å². The highest BCUT2D eigenvalue weighted by Gasteiger charge is 2.25. The van der Waals surface area contributed by atoms with Gasteiger partial charge in [0.05, 0.1) is 19.8 Å². The summed E-state index contributed by atoms with van der Waals surface area (Å²) in [7, 11) is 0. The molecule has 7 heteroatoms. The maximum atomic E-state index is 12.1. The van der Waals surface area contributed by atoms with E-state index in [2.05, 4.69) is 52.5 Å². The number of carbonyl (C=O) groups is 2. The fourth-order valence-electron chi connectivity index (χ4n) is 3.82. The number of aliphatic hydroxyl groups is 1. The summed E-state index contributed by atoms with van der Waals surface area (Å²) in [6.07, 6.45) is -0.642. The summed E-state index contributed by atoms with van der Waals surface area (Å²) in [6, 6.07) is 16.5. The summed E-state index contributed by atoms with van der Waals surface area (Å²) >= 11 is 0. The Morgan fingerprint density at radius 3 is 2.17 bits per heavy atom. The molecule has 1 unspecified atom stereocenters. The number of fused-ring (bicyclic) bond motifs is 3. The van der Waals surface area contributed by atoms with Crippen LogP contribution >= 0.6 is 0 Å². The number of carbonyl (C=O) groups excluding carboxylic acids is 2. The molecule has 182 valence electrons. The third-order valence-corrected chi connectivity index (χ3v) is 5.39.